The molecule has 0 aliphatic heterocycles. The minimum Gasteiger partial charge on any atom is -0.387 e. The van der Waals surface area contributed by atoms with E-state index in [4.69, 9.17) is 0 Å². The highest BCUT2D eigenvalue weighted by atomic mass is 16.3. The van der Waals surface area contributed by atoms with Crippen molar-refractivity contribution < 1.29 is 5.11 Å². The maximum Gasteiger partial charge on any atom is 0.0944 e. The van der Waals surface area contributed by atoms with Gasteiger partial charge in [0.05, 0.1) is 12.3 Å². The van der Waals surface area contributed by atoms with Crippen LogP contribution in [-0.2, 0) is 0 Å². The molecular weight excluding hydrogens is 130 g/mol. The molecule has 0 saturated carbocycles. The number of aliphatic hydroxyl groups is 1. The standard InChI is InChI=1S/C6H11N3O/c1-7-4-6(10)5-2-8-9-3-5/h2-3,6-7,10H,4H2,1H3,(H,8,9). The molecule has 0 bridgehead atoms. The molecule has 3 N–H and O–H groups in total. The zero-order valence-electron chi connectivity index (χ0n) is 5.83. The van der Waals surface area contributed by atoms with E-state index in [1.165, 1.54) is 0 Å². The summed E-state index contributed by atoms with van der Waals surface area (Å²) >= 11 is 0. The van der Waals surface area contributed by atoms with Crippen LogP contribution in [0.2, 0.25) is 0 Å². The second-order valence-electron chi connectivity index (χ2n) is 2.11. The number of nitrogens with zero attached hydrogens (tertiary/aromatic N) is 1. The quantitative estimate of drug-likeness (QED) is 0.539. The van der Waals surface area contributed by atoms with Crippen LogP contribution in [0.15, 0.2) is 12.4 Å². The number of aromatic nitrogens is 2. The van der Waals surface area contributed by atoms with Gasteiger partial charge in [-0.05, 0) is 7.05 Å². The number of likely N-dealkylation sites (N-methyl/N-ethyl adjacent to an activating group) is 1. The molecule has 4 heteroatoms. The summed E-state index contributed by atoms with van der Waals surface area (Å²) in [7, 11) is 1.79. The predicted molar refractivity (Wildman–Crippen MR) is 37.5 cm³/mol. The molecule has 0 spiro atoms. The predicted octanol–water partition coefficient (Wildman–Crippen LogP) is -0.338. The Kier molecular flexibility index (Phi) is 2.42. The van der Waals surface area contributed by atoms with Crippen LogP contribution in [0.4, 0.5) is 0 Å². The van der Waals surface area contributed by atoms with Crippen LogP contribution in [0, 0.1) is 0 Å². The average molecular weight is 141 g/mol. The molecule has 1 heterocycles. The molecule has 1 atom stereocenters. The Morgan fingerprint density at radius 1 is 1.90 bits per heavy atom. The number of H-pyrrole nitrogens is 1. The van der Waals surface area contributed by atoms with Gasteiger partial charge in [0.15, 0.2) is 0 Å². The summed E-state index contributed by atoms with van der Waals surface area (Å²) in [6, 6.07) is 0. The van der Waals surface area contributed by atoms with E-state index in [1.807, 2.05) is 0 Å². The molecule has 0 saturated heterocycles. The van der Waals surface area contributed by atoms with Crippen molar-refractivity contribution in [1.29, 1.82) is 0 Å². The Hall–Kier alpha value is -0.870. The van der Waals surface area contributed by atoms with Gasteiger partial charge in [-0.2, -0.15) is 5.10 Å². The summed E-state index contributed by atoms with van der Waals surface area (Å²) in [5.41, 5.74) is 0.814. The van der Waals surface area contributed by atoms with E-state index >= 15 is 0 Å². The van der Waals surface area contributed by atoms with Crippen molar-refractivity contribution in [2.45, 2.75) is 6.10 Å². The van der Waals surface area contributed by atoms with Gasteiger partial charge in [-0.1, -0.05) is 0 Å². The molecule has 0 amide bonds. The molecule has 10 heavy (non-hydrogen) atoms. The van der Waals surface area contributed by atoms with Crippen molar-refractivity contribution in [2.24, 2.45) is 0 Å². The summed E-state index contributed by atoms with van der Waals surface area (Å²) in [5.74, 6) is 0. The van der Waals surface area contributed by atoms with Crippen molar-refractivity contribution in [3.05, 3.63) is 18.0 Å². The molecular formula is C6H11N3O. The second-order valence-corrected chi connectivity index (χ2v) is 2.11. The number of aromatic amines is 1. The highest BCUT2D eigenvalue weighted by molar-refractivity contribution is 5.06. The number of aliphatic hydroxyl groups excluding tert-OH is 1. The molecule has 1 rings (SSSR count). The van der Waals surface area contributed by atoms with Gasteiger partial charge in [0, 0.05) is 18.3 Å². The van der Waals surface area contributed by atoms with Crippen LogP contribution in [0.1, 0.15) is 11.7 Å². The first kappa shape index (κ1) is 7.24. The molecule has 0 fully saturated rings. The third kappa shape index (κ3) is 1.55. The van der Waals surface area contributed by atoms with Crippen LogP contribution >= 0.6 is 0 Å². The normalized spacial score (nSPS) is 13.4. The van der Waals surface area contributed by atoms with E-state index < -0.39 is 6.10 Å². The van der Waals surface area contributed by atoms with Crippen molar-refractivity contribution in [1.82, 2.24) is 15.5 Å². The SMILES string of the molecule is CNCC(O)c1cn[nH]c1. The van der Waals surface area contributed by atoms with Gasteiger partial charge in [0.1, 0.15) is 0 Å². The summed E-state index contributed by atoms with van der Waals surface area (Å²) in [6.07, 6.45) is 2.84. The fourth-order valence-electron chi connectivity index (χ4n) is 0.754. The Morgan fingerprint density at radius 2 is 2.70 bits per heavy atom. The van der Waals surface area contributed by atoms with E-state index in [9.17, 15) is 5.11 Å². The Bertz CT molecular complexity index is 173. The first-order valence-electron chi connectivity index (χ1n) is 3.16. The van der Waals surface area contributed by atoms with E-state index in [-0.39, 0.29) is 0 Å². The number of hydrogen-bond donors (Lipinski definition) is 3. The van der Waals surface area contributed by atoms with Crippen LogP contribution in [-0.4, -0.2) is 28.9 Å². The van der Waals surface area contributed by atoms with Gasteiger partial charge in [-0.25, -0.2) is 0 Å². The third-order valence-corrected chi connectivity index (χ3v) is 1.30. The number of rotatable bonds is 3. The molecule has 1 aromatic rings. The molecule has 0 aliphatic carbocycles. The Balaban J connectivity index is 2.50. The lowest BCUT2D eigenvalue weighted by molar-refractivity contribution is 0.178. The van der Waals surface area contributed by atoms with E-state index in [0.29, 0.717) is 6.54 Å². The summed E-state index contributed by atoms with van der Waals surface area (Å²) < 4.78 is 0. The van der Waals surface area contributed by atoms with Gasteiger partial charge >= 0.3 is 0 Å². The smallest absolute Gasteiger partial charge is 0.0944 e. The minimum absolute atomic E-state index is 0.455. The van der Waals surface area contributed by atoms with E-state index in [1.54, 1.807) is 19.4 Å². The molecule has 0 radical (unpaired) electrons. The van der Waals surface area contributed by atoms with E-state index in [2.05, 4.69) is 15.5 Å². The molecule has 0 aliphatic rings. The van der Waals surface area contributed by atoms with Gasteiger partial charge in [-0.15, -0.1) is 0 Å². The summed E-state index contributed by atoms with van der Waals surface area (Å²) in [4.78, 5) is 0. The third-order valence-electron chi connectivity index (χ3n) is 1.30. The first-order valence-corrected chi connectivity index (χ1v) is 3.16. The molecule has 4 nitrogen and oxygen atoms in total. The Labute approximate surface area is 59.3 Å². The van der Waals surface area contributed by atoms with Crippen molar-refractivity contribution in [3.8, 4) is 0 Å². The highest BCUT2D eigenvalue weighted by Gasteiger charge is 2.05. The maximum atomic E-state index is 9.29. The molecule has 1 aromatic heterocycles. The lowest BCUT2D eigenvalue weighted by Crippen LogP contribution is -2.16. The number of nitrogens with one attached hydrogen (secondary N) is 2. The first-order chi connectivity index (χ1) is 4.84. The topological polar surface area (TPSA) is 60.9 Å². The average Bonchev–Trinajstić information content (AvgIpc) is 2.38. The molecule has 0 aromatic carbocycles. The van der Waals surface area contributed by atoms with Crippen LogP contribution in [0.25, 0.3) is 0 Å². The maximum absolute atomic E-state index is 9.29. The van der Waals surface area contributed by atoms with Crippen molar-refractivity contribution in [3.63, 3.8) is 0 Å². The van der Waals surface area contributed by atoms with Crippen LogP contribution < -0.4 is 5.32 Å². The lowest BCUT2D eigenvalue weighted by Gasteiger charge is -2.05. The zero-order valence-corrected chi connectivity index (χ0v) is 5.83. The zero-order chi connectivity index (χ0) is 7.40. The fraction of sp³-hybridized carbons (Fsp3) is 0.500. The fourth-order valence-corrected chi connectivity index (χ4v) is 0.754. The minimum atomic E-state index is -0.455. The highest BCUT2D eigenvalue weighted by Crippen LogP contribution is 2.07. The lowest BCUT2D eigenvalue weighted by atomic mass is 10.2. The van der Waals surface area contributed by atoms with Gasteiger partial charge < -0.3 is 10.4 Å². The largest absolute Gasteiger partial charge is 0.387 e. The molecule has 56 valence electrons. The van der Waals surface area contributed by atoms with Gasteiger partial charge in [0.25, 0.3) is 0 Å². The Morgan fingerprint density at radius 3 is 3.20 bits per heavy atom. The molecule has 1 unspecified atom stereocenters. The second kappa shape index (κ2) is 3.34. The van der Waals surface area contributed by atoms with Crippen molar-refractivity contribution >= 4 is 0 Å². The van der Waals surface area contributed by atoms with Crippen LogP contribution in [0.3, 0.4) is 0 Å². The summed E-state index contributed by atoms with van der Waals surface area (Å²) in [5, 5.41) is 18.5. The monoisotopic (exact) mass is 141 g/mol. The van der Waals surface area contributed by atoms with Crippen molar-refractivity contribution in [2.75, 3.05) is 13.6 Å². The number of hydrogen-bond acceptors (Lipinski definition) is 3. The summed E-state index contributed by atoms with van der Waals surface area (Å²) in [6.45, 7) is 0.555. The van der Waals surface area contributed by atoms with E-state index in [0.717, 1.165) is 5.56 Å². The van der Waals surface area contributed by atoms with Crippen LogP contribution in [0.5, 0.6) is 0 Å². The van der Waals surface area contributed by atoms with Gasteiger partial charge in [0.2, 0.25) is 0 Å². The van der Waals surface area contributed by atoms with Gasteiger partial charge in [-0.3, -0.25) is 5.10 Å².